The third-order valence-electron chi connectivity index (χ3n) is 6.05. The summed E-state index contributed by atoms with van der Waals surface area (Å²) in [6.07, 6.45) is 1.93. The highest BCUT2D eigenvalue weighted by molar-refractivity contribution is 5.86. The van der Waals surface area contributed by atoms with Crippen molar-refractivity contribution in [2.45, 2.75) is 46.1 Å². The van der Waals surface area contributed by atoms with Crippen molar-refractivity contribution in [3.05, 3.63) is 39.2 Å². The molecule has 0 amide bonds. The van der Waals surface area contributed by atoms with Crippen LogP contribution in [0.1, 0.15) is 42.9 Å². The summed E-state index contributed by atoms with van der Waals surface area (Å²) in [6.45, 7) is 5.95. The fraction of sp³-hybridized carbons (Fsp3) is 0.560. The highest BCUT2D eigenvalue weighted by atomic mass is 16.6. The number of aryl methyl sites for hydroxylation is 2. The number of carbonyl (C=O) groups excluding carboxylic acids is 2. The average molecular weight is 476 g/mol. The Morgan fingerprint density at radius 3 is 2.76 bits per heavy atom. The largest absolute Gasteiger partial charge is 0.507 e. The maximum Gasteiger partial charge on any atom is 0.336 e. The fourth-order valence-electron chi connectivity index (χ4n) is 4.33. The highest BCUT2D eigenvalue weighted by Crippen LogP contribution is 2.35. The van der Waals surface area contributed by atoms with Gasteiger partial charge < -0.3 is 23.7 Å². The minimum Gasteiger partial charge on any atom is -0.507 e. The molecule has 0 bridgehead atoms. The van der Waals surface area contributed by atoms with Gasteiger partial charge in [-0.25, -0.2) is 4.79 Å². The molecule has 9 heteroatoms. The van der Waals surface area contributed by atoms with E-state index >= 15 is 0 Å². The van der Waals surface area contributed by atoms with Gasteiger partial charge in [-0.15, -0.1) is 0 Å². The first-order valence-corrected chi connectivity index (χ1v) is 11.7. The van der Waals surface area contributed by atoms with Crippen molar-refractivity contribution in [1.29, 1.82) is 0 Å². The first kappa shape index (κ1) is 25.7. The summed E-state index contributed by atoms with van der Waals surface area (Å²) in [5, 5.41) is 11.8. The van der Waals surface area contributed by atoms with Gasteiger partial charge in [0.1, 0.15) is 17.9 Å². The van der Waals surface area contributed by atoms with Gasteiger partial charge in [0.2, 0.25) is 0 Å². The van der Waals surface area contributed by atoms with Crippen molar-refractivity contribution in [3.8, 4) is 5.75 Å². The predicted octanol–water partition coefficient (Wildman–Crippen LogP) is 2.70. The van der Waals surface area contributed by atoms with Crippen molar-refractivity contribution >= 4 is 22.9 Å². The SMILES string of the molecule is CCOC(=O)C1CCCN(Cc2c(O)c(CCC(=O)OCCOC)cc3c(C)cc(=O)oc23)C1. The summed E-state index contributed by atoms with van der Waals surface area (Å²) in [6, 6.07) is 3.16. The molecule has 0 radical (unpaired) electrons. The standard InChI is InChI=1S/C25H33NO8/c1-4-32-25(30)18-6-5-9-26(14-18)15-20-23(29)17(7-8-21(27)33-11-10-31-3)13-19-16(2)12-22(28)34-24(19)20/h12-13,18,29H,4-11,14-15H2,1-3H3. The summed E-state index contributed by atoms with van der Waals surface area (Å²) < 4.78 is 20.7. The molecule has 1 aliphatic rings. The van der Waals surface area contributed by atoms with Gasteiger partial charge in [-0.2, -0.15) is 0 Å². The Labute approximate surface area is 198 Å². The lowest BCUT2D eigenvalue weighted by Gasteiger charge is -2.31. The Balaban J connectivity index is 1.88. The molecule has 0 saturated carbocycles. The summed E-state index contributed by atoms with van der Waals surface area (Å²) >= 11 is 0. The van der Waals surface area contributed by atoms with E-state index in [0.717, 1.165) is 24.9 Å². The van der Waals surface area contributed by atoms with E-state index in [0.29, 0.717) is 48.4 Å². The molecule has 1 aromatic heterocycles. The van der Waals surface area contributed by atoms with Gasteiger partial charge in [0.15, 0.2) is 0 Å². The van der Waals surface area contributed by atoms with Crippen LogP contribution in [0.3, 0.4) is 0 Å². The van der Waals surface area contributed by atoms with Crippen LogP contribution in [0, 0.1) is 12.8 Å². The molecule has 1 atom stereocenters. The van der Waals surface area contributed by atoms with Gasteiger partial charge in [-0.05, 0) is 56.8 Å². The molecular formula is C25H33NO8. The molecule has 1 unspecified atom stereocenters. The third-order valence-corrected chi connectivity index (χ3v) is 6.05. The van der Waals surface area contributed by atoms with Crippen molar-refractivity contribution in [3.63, 3.8) is 0 Å². The molecule has 3 rings (SSSR count). The third kappa shape index (κ3) is 6.36. The van der Waals surface area contributed by atoms with Crippen molar-refractivity contribution in [1.82, 2.24) is 4.90 Å². The second-order valence-electron chi connectivity index (χ2n) is 8.53. The molecule has 1 aliphatic heterocycles. The van der Waals surface area contributed by atoms with Gasteiger partial charge in [-0.3, -0.25) is 14.5 Å². The Bertz CT molecular complexity index is 1080. The zero-order valence-electron chi connectivity index (χ0n) is 20.1. The quantitative estimate of drug-likeness (QED) is 0.314. The van der Waals surface area contributed by atoms with E-state index in [1.807, 2.05) is 0 Å². The minimum absolute atomic E-state index is 0.0100. The first-order chi connectivity index (χ1) is 16.3. The number of nitrogens with zero attached hydrogens (tertiary/aromatic N) is 1. The number of phenols is 1. The van der Waals surface area contributed by atoms with Crippen LogP contribution in [0.5, 0.6) is 5.75 Å². The number of fused-ring (bicyclic) bond motifs is 1. The monoisotopic (exact) mass is 475 g/mol. The number of hydrogen-bond acceptors (Lipinski definition) is 9. The van der Waals surface area contributed by atoms with Crippen molar-refractivity contribution in [2.24, 2.45) is 5.92 Å². The number of ether oxygens (including phenoxy) is 3. The summed E-state index contributed by atoms with van der Waals surface area (Å²) in [5.41, 5.74) is 1.60. The number of benzene rings is 1. The highest BCUT2D eigenvalue weighted by Gasteiger charge is 2.28. The topological polar surface area (TPSA) is 116 Å². The Hall–Kier alpha value is -2.91. The minimum atomic E-state index is -0.497. The molecule has 2 aromatic rings. The number of aromatic hydroxyl groups is 1. The van der Waals surface area contributed by atoms with Crippen LogP contribution in [0.25, 0.3) is 11.0 Å². The number of esters is 2. The average Bonchev–Trinajstić information content (AvgIpc) is 2.80. The normalized spacial score (nSPS) is 16.5. The smallest absolute Gasteiger partial charge is 0.336 e. The van der Waals surface area contributed by atoms with E-state index in [-0.39, 0.29) is 43.1 Å². The number of carbonyl (C=O) groups is 2. The Morgan fingerprint density at radius 1 is 1.24 bits per heavy atom. The van der Waals surface area contributed by atoms with E-state index in [1.54, 1.807) is 19.9 Å². The molecule has 0 spiro atoms. The molecule has 2 heterocycles. The number of piperidine rings is 1. The molecule has 9 nitrogen and oxygen atoms in total. The Morgan fingerprint density at radius 2 is 2.03 bits per heavy atom. The van der Waals surface area contributed by atoms with Crippen LogP contribution < -0.4 is 5.63 Å². The molecular weight excluding hydrogens is 442 g/mol. The molecule has 0 aliphatic carbocycles. The number of hydrogen-bond donors (Lipinski definition) is 1. The lowest BCUT2D eigenvalue weighted by molar-refractivity contribution is -0.150. The van der Waals surface area contributed by atoms with Crippen LogP contribution >= 0.6 is 0 Å². The van der Waals surface area contributed by atoms with E-state index < -0.39 is 5.63 Å². The summed E-state index contributed by atoms with van der Waals surface area (Å²) in [7, 11) is 1.53. The van der Waals surface area contributed by atoms with Crippen LogP contribution in [0.4, 0.5) is 0 Å². The molecule has 1 N–H and O–H groups in total. The van der Waals surface area contributed by atoms with Gasteiger partial charge in [0.25, 0.3) is 0 Å². The molecule has 1 saturated heterocycles. The number of methoxy groups -OCH3 is 1. The van der Waals surface area contributed by atoms with E-state index in [4.69, 9.17) is 18.6 Å². The van der Waals surface area contributed by atoms with Crippen molar-refractivity contribution < 1.29 is 33.3 Å². The Kier molecular flexibility index (Phi) is 9.06. The lowest BCUT2D eigenvalue weighted by atomic mass is 9.95. The van der Waals surface area contributed by atoms with Crippen LogP contribution in [-0.2, 0) is 36.8 Å². The van der Waals surface area contributed by atoms with Gasteiger partial charge in [0, 0.05) is 38.1 Å². The van der Waals surface area contributed by atoms with E-state index in [9.17, 15) is 19.5 Å². The van der Waals surface area contributed by atoms with E-state index in [1.165, 1.54) is 13.2 Å². The first-order valence-electron chi connectivity index (χ1n) is 11.7. The lowest BCUT2D eigenvalue weighted by Crippen LogP contribution is -2.39. The number of likely N-dealkylation sites (tertiary alicyclic amines) is 1. The molecule has 186 valence electrons. The van der Waals surface area contributed by atoms with Gasteiger partial charge in [-0.1, -0.05) is 0 Å². The predicted molar refractivity (Wildman–Crippen MR) is 125 cm³/mol. The zero-order valence-corrected chi connectivity index (χ0v) is 20.1. The summed E-state index contributed by atoms with van der Waals surface area (Å²) in [4.78, 5) is 38.5. The van der Waals surface area contributed by atoms with E-state index in [2.05, 4.69) is 4.90 Å². The maximum atomic E-state index is 12.3. The van der Waals surface area contributed by atoms with Crippen LogP contribution in [0.2, 0.25) is 0 Å². The molecule has 1 fully saturated rings. The molecule has 34 heavy (non-hydrogen) atoms. The second-order valence-corrected chi connectivity index (χ2v) is 8.53. The summed E-state index contributed by atoms with van der Waals surface area (Å²) in [5.74, 6) is -0.850. The van der Waals surface area contributed by atoms with Crippen LogP contribution in [0.15, 0.2) is 21.3 Å². The number of phenolic OH excluding ortho intramolecular Hbond substituents is 1. The maximum absolute atomic E-state index is 12.3. The second kappa shape index (κ2) is 12.0. The number of rotatable bonds is 10. The molecule has 1 aromatic carbocycles. The van der Waals surface area contributed by atoms with Gasteiger partial charge >= 0.3 is 17.6 Å². The van der Waals surface area contributed by atoms with Crippen LogP contribution in [-0.4, -0.2) is 62.0 Å². The zero-order chi connectivity index (χ0) is 24.7. The fourth-order valence-corrected chi connectivity index (χ4v) is 4.33. The van der Waals surface area contributed by atoms with Crippen molar-refractivity contribution in [2.75, 3.05) is 40.0 Å². The van der Waals surface area contributed by atoms with Gasteiger partial charge in [0.05, 0.1) is 24.7 Å².